The van der Waals surface area contributed by atoms with Crippen molar-refractivity contribution in [2.24, 2.45) is 0 Å². The molecule has 0 unspecified atom stereocenters. The number of H-pyrrole nitrogens is 1. The number of para-hydroxylation sites is 2. The van der Waals surface area contributed by atoms with Gasteiger partial charge in [0, 0.05) is 18.4 Å². The summed E-state index contributed by atoms with van der Waals surface area (Å²) in [7, 11) is 1.70. The molecule has 0 bridgehead atoms. The third kappa shape index (κ3) is 2.71. The molecule has 3 aromatic heterocycles. The maximum Gasteiger partial charge on any atom is 0.293 e. The number of nitrogens with one attached hydrogen (secondary N) is 1. The first kappa shape index (κ1) is 15.3. The molecule has 4 aromatic rings. The maximum absolute atomic E-state index is 12.6. The summed E-state index contributed by atoms with van der Waals surface area (Å²) in [6.07, 6.45) is 0. The number of aryl methyl sites for hydroxylation is 2. The second kappa shape index (κ2) is 5.66. The average Bonchev–Trinajstić information content (AvgIpc) is 3.17. The molecule has 126 valence electrons. The largest absolute Gasteiger partial charge is 0.340 e. The topological polar surface area (TPSA) is 92.1 Å². The van der Waals surface area contributed by atoms with E-state index in [4.69, 9.17) is 0 Å². The summed E-state index contributed by atoms with van der Waals surface area (Å²) < 4.78 is 1.58. The van der Waals surface area contributed by atoms with Gasteiger partial charge in [-0.15, -0.1) is 5.10 Å². The summed E-state index contributed by atoms with van der Waals surface area (Å²) >= 11 is 0. The van der Waals surface area contributed by atoms with Crippen LogP contribution in [-0.2, 0) is 6.54 Å². The number of imidazole rings is 1. The first-order chi connectivity index (χ1) is 12.0. The second-order valence-corrected chi connectivity index (χ2v) is 6.05. The molecule has 1 N–H and O–H groups in total. The minimum Gasteiger partial charge on any atom is -0.340 e. The molecule has 0 fully saturated rings. The van der Waals surface area contributed by atoms with Crippen LogP contribution in [0.5, 0.6) is 0 Å². The van der Waals surface area contributed by atoms with Gasteiger partial charge < -0.3 is 9.88 Å². The Labute approximate surface area is 143 Å². The Bertz CT molecular complexity index is 1060. The molecule has 0 saturated heterocycles. The fourth-order valence-electron chi connectivity index (χ4n) is 2.80. The van der Waals surface area contributed by atoms with Crippen molar-refractivity contribution in [1.29, 1.82) is 0 Å². The average molecular weight is 335 g/mol. The summed E-state index contributed by atoms with van der Waals surface area (Å²) in [6.45, 7) is 4.13. The summed E-state index contributed by atoms with van der Waals surface area (Å²) in [5.74, 6) is 0.992. The van der Waals surface area contributed by atoms with Crippen LogP contribution in [0.25, 0.3) is 16.8 Å². The first-order valence-electron chi connectivity index (χ1n) is 7.91. The molecule has 0 aliphatic heterocycles. The number of fused-ring (bicyclic) bond motifs is 2. The van der Waals surface area contributed by atoms with E-state index in [0.717, 1.165) is 22.4 Å². The van der Waals surface area contributed by atoms with Gasteiger partial charge in [-0.3, -0.25) is 4.79 Å². The molecular formula is C17H17N7O. The van der Waals surface area contributed by atoms with E-state index in [0.29, 0.717) is 18.1 Å². The predicted molar refractivity (Wildman–Crippen MR) is 92.1 cm³/mol. The van der Waals surface area contributed by atoms with Crippen LogP contribution in [0.3, 0.4) is 0 Å². The molecule has 8 heteroatoms. The van der Waals surface area contributed by atoms with E-state index in [1.54, 1.807) is 11.6 Å². The van der Waals surface area contributed by atoms with E-state index in [2.05, 4.69) is 25.0 Å². The number of amides is 1. The zero-order valence-electron chi connectivity index (χ0n) is 14.2. The lowest BCUT2D eigenvalue weighted by atomic mass is 10.3. The molecular weight excluding hydrogens is 318 g/mol. The minimum absolute atomic E-state index is 0.125. The van der Waals surface area contributed by atoms with E-state index in [9.17, 15) is 4.79 Å². The monoisotopic (exact) mass is 335 g/mol. The summed E-state index contributed by atoms with van der Waals surface area (Å²) in [4.78, 5) is 30.5. The van der Waals surface area contributed by atoms with Crippen molar-refractivity contribution in [2.75, 3.05) is 7.05 Å². The third-order valence-electron chi connectivity index (χ3n) is 3.98. The van der Waals surface area contributed by atoms with Gasteiger partial charge in [-0.1, -0.05) is 12.1 Å². The van der Waals surface area contributed by atoms with Gasteiger partial charge in [-0.2, -0.15) is 4.98 Å². The number of benzene rings is 1. The van der Waals surface area contributed by atoms with Crippen LogP contribution in [-0.4, -0.2) is 47.4 Å². The summed E-state index contributed by atoms with van der Waals surface area (Å²) in [5.41, 5.74) is 3.54. The Kier molecular flexibility index (Phi) is 3.45. The number of carbonyl (C=O) groups is 1. The van der Waals surface area contributed by atoms with Gasteiger partial charge in [-0.25, -0.2) is 14.5 Å². The highest BCUT2D eigenvalue weighted by Gasteiger charge is 2.20. The second-order valence-electron chi connectivity index (χ2n) is 6.05. The molecule has 0 aliphatic carbocycles. The maximum atomic E-state index is 12.6. The van der Waals surface area contributed by atoms with Crippen molar-refractivity contribution in [3.63, 3.8) is 0 Å². The molecule has 0 atom stereocenters. The highest BCUT2D eigenvalue weighted by Crippen LogP contribution is 2.12. The molecule has 0 radical (unpaired) electrons. The number of aromatic nitrogens is 6. The van der Waals surface area contributed by atoms with Crippen LogP contribution in [0, 0.1) is 13.8 Å². The quantitative estimate of drug-likeness (QED) is 0.617. The summed E-state index contributed by atoms with van der Waals surface area (Å²) in [6, 6.07) is 9.65. The number of carbonyl (C=O) groups excluding carboxylic acids is 1. The fourth-order valence-corrected chi connectivity index (χ4v) is 2.80. The summed E-state index contributed by atoms with van der Waals surface area (Å²) in [5, 5.41) is 4.28. The normalized spacial score (nSPS) is 11.3. The van der Waals surface area contributed by atoms with Crippen LogP contribution >= 0.6 is 0 Å². The van der Waals surface area contributed by atoms with Crippen LogP contribution in [0.15, 0.2) is 30.3 Å². The highest BCUT2D eigenvalue weighted by atomic mass is 16.2. The highest BCUT2D eigenvalue weighted by molar-refractivity contribution is 5.90. The number of rotatable bonds is 3. The molecule has 4 rings (SSSR count). The number of hydrogen-bond donors (Lipinski definition) is 1. The van der Waals surface area contributed by atoms with Crippen LogP contribution < -0.4 is 0 Å². The Balaban J connectivity index is 1.60. The Morgan fingerprint density at radius 1 is 1.20 bits per heavy atom. The Hall–Kier alpha value is -3.29. The van der Waals surface area contributed by atoms with E-state index >= 15 is 0 Å². The lowest BCUT2D eigenvalue weighted by Gasteiger charge is -2.13. The van der Waals surface area contributed by atoms with Gasteiger partial charge in [0.05, 0.1) is 17.6 Å². The molecule has 25 heavy (non-hydrogen) atoms. The fraction of sp³-hybridized carbons (Fsp3) is 0.235. The first-order valence-corrected chi connectivity index (χ1v) is 7.91. The number of hydrogen-bond acceptors (Lipinski definition) is 5. The number of nitrogens with zero attached hydrogens (tertiary/aromatic N) is 6. The molecule has 8 nitrogen and oxygen atoms in total. The molecule has 0 aliphatic rings. The van der Waals surface area contributed by atoms with Crippen molar-refractivity contribution >= 4 is 22.7 Å². The minimum atomic E-state index is -0.275. The molecule has 1 aromatic carbocycles. The van der Waals surface area contributed by atoms with Crippen molar-refractivity contribution in [2.45, 2.75) is 20.4 Å². The van der Waals surface area contributed by atoms with Crippen molar-refractivity contribution in [3.8, 4) is 0 Å². The molecule has 1 amide bonds. The van der Waals surface area contributed by atoms with Crippen molar-refractivity contribution in [3.05, 3.63) is 53.4 Å². The zero-order valence-corrected chi connectivity index (χ0v) is 14.2. The third-order valence-corrected chi connectivity index (χ3v) is 3.98. The van der Waals surface area contributed by atoms with E-state index in [1.807, 2.05) is 44.2 Å². The van der Waals surface area contributed by atoms with Gasteiger partial charge >= 0.3 is 0 Å². The van der Waals surface area contributed by atoms with Crippen molar-refractivity contribution < 1.29 is 4.79 Å². The van der Waals surface area contributed by atoms with Crippen LogP contribution in [0.4, 0.5) is 0 Å². The predicted octanol–water partition coefficient (Wildman–Crippen LogP) is 1.89. The zero-order chi connectivity index (χ0) is 17.6. The van der Waals surface area contributed by atoms with Crippen molar-refractivity contribution in [1.82, 2.24) is 34.4 Å². The van der Waals surface area contributed by atoms with E-state index in [-0.39, 0.29) is 11.7 Å². The van der Waals surface area contributed by atoms with Gasteiger partial charge in [0.15, 0.2) is 0 Å². The van der Waals surface area contributed by atoms with Crippen LogP contribution in [0.2, 0.25) is 0 Å². The SMILES string of the molecule is Cc1cc(C)n2nc(C(=O)N(C)Cc3nc4ccccc4[nH]3)nc2n1. The van der Waals surface area contributed by atoms with E-state index in [1.165, 1.54) is 4.90 Å². The van der Waals surface area contributed by atoms with Gasteiger partial charge in [0.25, 0.3) is 11.7 Å². The van der Waals surface area contributed by atoms with Gasteiger partial charge in [0.1, 0.15) is 5.82 Å². The van der Waals surface area contributed by atoms with Gasteiger partial charge in [0.2, 0.25) is 5.82 Å². The van der Waals surface area contributed by atoms with Gasteiger partial charge in [-0.05, 0) is 32.0 Å². The molecule has 0 saturated carbocycles. The lowest BCUT2D eigenvalue weighted by Crippen LogP contribution is -2.27. The van der Waals surface area contributed by atoms with E-state index < -0.39 is 0 Å². The molecule has 3 heterocycles. The molecule has 0 spiro atoms. The standard InChI is InChI=1S/C17H17N7O/c1-10-8-11(2)24-17(18-10)21-15(22-24)16(25)23(3)9-14-19-12-6-4-5-7-13(12)20-14/h4-8H,9H2,1-3H3,(H,19,20). The Morgan fingerprint density at radius 3 is 2.80 bits per heavy atom. The van der Waals surface area contributed by atoms with Crippen LogP contribution in [0.1, 0.15) is 27.8 Å². The smallest absolute Gasteiger partial charge is 0.293 e. The number of aromatic amines is 1. The Morgan fingerprint density at radius 2 is 2.00 bits per heavy atom. The lowest BCUT2D eigenvalue weighted by molar-refractivity contribution is 0.0770.